The molecule has 3 nitrogen and oxygen atoms in total. The Labute approximate surface area is 121 Å². The van der Waals surface area contributed by atoms with Crippen LogP contribution in [0.3, 0.4) is 0 Å². The van der Waals surface area contributed by atoms with E-state index in [1.165, 1.54) is 18.2 Å². The number of benzene rings is 1. The average molecular weight is 300 g/mol. The normalized spacial score (nSPS) is 23.9. The van der Waals surface area contributed by atoms with Crippen LogP contribution in [0.2, 0.25) is 0 Å². The lowest BCUT2D eigenvalue weighted by atomic mass is 9.91. The third kappa shape index (κ3) is 3.42. The van der Waals surface area contributed by atoms with Crippen molar-refractivity contribution in [2.75, 3.05) is 0 Å². The number of halogens is 2. The fourth-order valence-corrected chi connectivity index (χ4v) is 3.92. The SMILES string of the molecule is CC1CCCC(Sc2c(F)cc(C(N)=NO)cc2F)C1. The Bertz CT molecular complexity index is 499. The number of oxime groups is 1. The van der Waals surface area contributed by atoms with Crippen LogP contribution in [-0.4, -0.2) is 16.3 Å². The van der Waals surface area contributed by atoms with Gasteiger partial charge >= 0.3 is 0 Å². The molecule has 0 amide bonds. The third-order valence-electron chi connectivity index (χ3n) is 3.57. The van der Waals surface area contributed by atoms with Crippen LogP contribution in [0.15, 0.2) is 22.2 Å². The molecule has 110 valence electrons. The molecular formula is C14H18F2N2OS. The summed E-state index contributed by atoms with van der Waals surface area (Å²) < 4.78 is 28.0. The van der Waals surface area contributed by atoms with E-state index >= 15 is 0 Å². The zero-order chi connectivity index (χ0) is 14.7. The fourth-order valence-electron chi connectivity index (χ4n) is 2.53. The van der Waals surface area contributed by atoms with Gasteiger partial charge in [0, 0.05) is 10.8 Å². The average Bonchev–Trinajstić information content (AvgIpc) is 2.42. The van der Waals surface area contributed by atoms with E-state index < -0.39 is 11.6 Å². The first kappa shape index (κ1) is 15.1. The highest BCUT2D eigenvalue weighted by Gasteiger charge is 2.23. The number of nitrogens with zero attached hydrogens (tertiary/aromatic N) is 1. The van der Waals surface area contributed by atoms with E-state index in [9.17, 15) is 8.78 Å². The minimum atomic E-state index is -0.658. The molecule has 0 heterocycles. The van der Waals surface area contributed by atoms with E-state index in [0.717, 1.165) is 31.4 Å². The number of rotatable bonds is 3. The molecular weight excluding hydrogens is 282 g/mol. The molecule has 3 N–H and O–H groups in total. The van der Waals surface area contributed by atoms with Crippen molar-refractivity contribution in [2.45, 2.75) is 42.8 Å². The molecule has 0 saturated heterocycles. The van der Waals surface area contributed by atoms with E-state index in [1.54, 1.807) is 0 Å². The number of hydrogen-bond acceptors (Lipinski definition) is 3. The van der Waals surface area contributed by atoms with Crippen LogP contribution >= 0.6 is 11.8 Å². The highest BCUT2D eigenvalue weighted by Crippen LogP contribution is 2.38. The summed E-state index contributed by atoms with van der Waals surface area (Å²) in [4.78, 5) is 0.0265. The first-order chi connectivity index (χ1) is 9.51. The maximum atomic E-state index is 14.0. The Morgan fingerprint density at radius 2 is 2.00 bits per heavy atom. The number of amidine groups is 1. The molecule has 1 aromatic carbocycles. The summed E-state index contributed by atoms with van der Waals surface area (Å²) in [5.74, 6) is -1.01. The van der Waals surface area contributed by atoms with Gasteiger partial charge in [-0.05, 0) is 30.9 Å². The van der Waals surface area contributed by atoms with E-state index in [0.29, 0.717) is 5.92 Å². The highest BCUT2D eigenvalue weighted by molar-refractivity contribution is 8.00. The molecule has 1 aromatic rings. The minimum absolute atomic E-state index is 0.0265. The van der Waals surface area contributed by atoms with Crippen molar-refractivity contribution in [1.29, 1.82) is 0 Å². The maximum Gasteiger partial charge on any atom is 0.170 e. The van der Waals surface area contributed by atoms with Gasteiger partial charge in [-0.1, -0.05) is 24.9 Å². The van der Waals surface area contributed by atoms with E-state index in [1.807, 2.05) is 0 Å². The standard InChI is InChI=1S/C14H18F2N2OS/c1-8-3-2-4-10(5-8)20-13-11(15)6-9(7-12(13)16)14(17)18-19/h6-8,10,19H,2-5H2,1H3,(H2,17,18). The Kier molecular flexibility index (Phi) is 4.86. The minimum Gasteiger partial charge on any atom is -0.409 e. The van der Waals surface area contributed by atoms with Crippen LogP contribution < -0.4 is 5.73 Å². The molecule has 6 heteroatoms. The molecule has 20 heavy (non-hydrogen) atoms. The zero-order valence-electron chi connectivity index (χ0n) is 11.3. The third-order valence-corrected chi connectivity index (χ3v) is 4.96. The summed E-state index contributed by atoms with van der Waals surface area (Å²) in [5.41, 5.74) is 5.39. The fraction of sp³-hybridized carbons (Fsp3) is 0.500. The zero-order valence-corrected chi connectivity index (χ0v) is 12.1. The topological polar surface area (TPSA) is 58.6 Å². The molecule has 0 radical (unpaired) electrons. The van der Waals surface area contributed by atoms with Crippen LogP contribution in [0, 0.1) is 17.6 Å². The van der Waals surface area contributed by atoms with Gasteiger partial charge < -0.3 is 10.9 Å². The van der Waals surface area contributed by atoms with Crippen LogP contribution in [0.1, 0.15) is 38.2 Å². The summed E-state index contributed by atoms with van der Waals surface area (Å²) in [6.07, 6.45) is 4.25. The molecule has 1 aliphatic rings. The van der Waals surface area contributed by atoms with Crippen molar-refractivity contribution in [3.05, 3.63) is 29.3 Å². The Hall–Kier alpha value is -1.30. The van der Waals surface area contributed by atoms with Crippen molar-refractivity contribution in [1.82, 2.24) is 0 Å². The summed E-state index contributed by atoms with van der Waals surface area (Å²) in [5, 5.41) is 11.5. The van der Waals surface area contributed by atoms with E-state index in [-0.39, 0.29) is 21.5 Å². The van der Waals surface area contributed by atoms with Gasteiger partial charge in [0.2, 0.25) is 0 Å². The number of thioether (sulfide) groups is 1. The van der Waals surface area contributed by atoms with Gasteiger partial charge in [-0.2, -0.15) is 0 Å². The molecule has 1 saturated carbocycles. The molecule has 2 atom stereocenters. The Morgan fingerprint density at radius 3 is 2.55 bits per heavy atom. The molecule has 0 aliphatic heterocycles. The van der Waals surface area contributed by atoms with Crippen LogP contribution in [-0.2, 0) is 0 Å². The smallest absolute Gasteiger partial charge is 0.170 e. The maximum absolute atomic E-state index is 14.0. The second-order valence-corrected chi connectivity index (χ2v) is 6.58. The molecule has 0 aromatic heterocycles. The molecule has 1 aliphatic carbocycles. The molecule has 1 fully saturated rings. The van der Waals surface area contributed by atoms with Crippen molar-refractivity contribution in [3.63, 3.8) is 0 Å². The Balaban J connectivity index is 2.20. The van der Waals surface area contributed by atoms with Crippen molar-refractivity contribution in [2.24, 2.45) is 16.8 Å². The van der Waals surface area contributed by atoms with Crippen LogP contribution in [0.4, 0.5) is 8.78 Å². The molecule has 2 rings (SSSR count). The molecule has 0 bridgehead atoms. The van der Waals surface area contributed by atoms with Crippen molar-refractivity contribution >= 4 is 17.6 Å². The predicted molar refractivity (Wildman–Crippen MR) is 76.1 cm³/mol. The van der Waals surface area contributed by atoms with Crippen LogP contribution in [0.5, 0.6) is 0 Å². The summed E-state index contributed by atoms with van der Waals surface area (Å²) in [7, 11) is 0. The highest BCUT2D eigenvalue weighted by atomic mass is 32.2. The monoisotopic (exact) mass is 300 g/mol. The van der Waals surface area contributed by atoms with Gasteiger partial charge in [-0.25, -0.2) is 8.78 Å². The van der Waals surface area contributed by atoms with Gasteiger partial charge in [-0.3, -0.25) is 0 Å². The van der Waals surface area contributed by atoms with Crippen LogP contribution in [0.25, 0.3) is 0 Å². The van der Waals surface area contributed by atoms with Gasteiger partial charge in [0.1, 0.15) is 11.6 Å². The van der Waals surface area contributed by atoms with E-state index in [2.05, 4.69) is 12.1 Å². The largest absolute Gasteiger partial charge is 0.409 e. The second kappa shape index (κ2) is 6.43. The first-order valence-electron chi connectivity index (χ1n) is 6.65. The molecule has 0 spiro atoms. The predicted octanol–water partition coefficient (Wildman–Crippen LogP) is 3.73. The summed E-state index contributed by atoms with van der Waals surface area (Å²) in [6.45, 7) is 2.17. The molecule has 2 unspecified atom stereocenters. The quantitative estimate of drug-likeness (QED) is 0.387. The number of hydrogen-bond donors (Lipinski definition) is 2. The lowest BCUT2D eigenvalue weighted by Gasteiger charge is -2.26. The van der Waals surface area contributed by atoms with Gasteiger partial charge in [0.05, 0.1) is 4.90 Å². The van der Waals surface area contributed by atoms with Gasteiger partial charge in [0.25, 0.3) is 0 Å². The van der Waals surface area contributed by atoms with Crippen molar-refractivity contribution < 1.29 is 14.0 Å². The first-order valence-corrected chi connectivity index (χ1v) is 7.52. The van der Waals surface area contributed by atoms with Gasteiger partial charge in [0.15, 0.2) is 5.84 Å². The summed E-state index contributed by atoms with van der Waals surface area (Å²) >= 11 is 1.26. The lowest BCUT2D eigenvalue weighted by Crippen LogP contribution is -2.16. The Morgan fingerprint density at radius 1 is 1.35 bits per heavy atom. The summed E-state index contributed by atoms with van der Waals surface area (Å²) in [6, 6.07) is 2.21. The number of nitrogens with two attached hydrogens (primary N) is 1. The second-order valence-electron chi connectivity index (χ2n) is 5.27. The lowest BCUT2D eigenvalue weighted by molar-refractivity contribution is 0.318. The van der Waals surface area contributed by atoms with E-state index in [4.69, 9.17) is 10.9 Å². The van der Waals surface area contributed by atoms with Crippen molar-refractivity contribution in [3.8, 4) is 0 Å². The van der Waals surface area contributed by atoms with Gasteiger partial charge in [-0.15, -0.1) is 11.8 Å².